The van der Waals surface area contributed by atoms with Crippen LogP contribution < -0.4 is 4.31 Å². The Kier molecular flexibility index (Phi) is 7.30. The molecule has 0 aliphatic carbocycles. The van der Waals surface area contributed by atoms with E-state index in [0.717, 1.165) is 40.3 Å². The maximum atomic E-state index is 12.5. The van der Waals surface area contributed by atoms with Crippen LogP contribution in [-0.4, -0.2) is 24.7 Å². The van der Waals surface area contributed by atoms with Crippen LogP contribution in [0.1, 0.15) is 25.3 Å². The van der Waals surface area contributed by atoms with Crippen molar-refractivity contribution < 1.29 is 13.7 Å². The standard InChI is InChI=1S/C26H25N3O4S/c1-19(6-5-7-20-10-12-24(13-11-20)29(30)31)28(34(32)33)26-17-22(21-8-3-2-4-9-21)16-23-18-27-15-14-25(23)26/h2-4,8-19H,5-7H2,1H3,(H,32,33). The van der Waals surface area contributed by atoms with Crippen molar-refractivity contribution in [3.63, 3.8) is 0 Å². The van der Waals surface area contributed by atoms with Gasteiger partial charge in [0.1, 0.15) is 0 Å². The molecule has 0 aliphatic heterocycles. The summed E-state index contributed by atoms with van der Waals surface area (Å²) in [5, 5.41) is 12.6. The van der Waals surface area contributed by atoms with Gasteiger partial charge in [-0.15, -0.1) is 0 Å². The van der Waals surface area contributed by atoms with Gasteiger partial charge in [-0.2, -0.15) is 0 Å². The van der Waals surface area contributed by atoms with Gasteiger partial charge < -0.3 is 0 Å². The summed E-state index contributed by atoms with van der Waals surface area (Å²) in [7, 11) is 0. The molecule has 0 fully saturated rings. The molecule has 0 spiro atoms. The number of non-ortho nitro benzene ring substituents is 1. The van der Waals surface area contributed by atoms with Crippen LogP contribution in [0.15, 0.2) is 85.2 Å². The first-order valence-electron chi connectivity index (χ1n) is 11.0. The average molecular weight is 476 g/mol. The summed E-state index contributed by atoms with van der Waals surface area (Å²) >= 11 is -2.22. The number of rotatable bonds is 9. The molecule has 1 aromatic heterocycles. The quantitative estimate of drug-likeness (QED) is 0.177. The topological polar surface area (TPSA) is 96.6 Å². The average Bonchev–Trinajstić information content (AvgIpc) is 2.84. The van der Waals surface area contributed by atoms with E-state index in [1.165, 1.54) is 12.1 Å². The van der Waals surface area contributed by atoms with E-state index in [0.29, 0.717) is 12.1 Å². The van der Waals surface area contributed by atoms with Crippen LogP contribution in [0.25, 0.3) is 21.9 Å². The van der Waals surface area contributed by atoms with E-state index in [2.05, 4.69) is 4.98 Å². The minimum absolute atomic E-state index is 0.0682. The molecule has 3 aromatic carbocycles. The van der Waals surface area contributed by atoms with E-state index >= 15 is 0 Å². The molecule has 0 aliphatic rings. The molecule has 174 valence electrons. The Hall–Kier alpha value is -3.62. The normalized spacial score (nSPS) is 12.9. The van der Waals surface area contributed by atoms with E-state index in [-0.39, 0.29) is 11.7 Å². The number of nitro groups is 1. The van der Waals surface area contributed by atoms with Crippen LogP contribution in [0.3, 0.4) is 0 Å². The third-order valence-corrected chi connectivity index (χ3v) is 6.77. The molecule has 7 nitrogen and oxygen atoms in total. The number of anilines is 1. The molecule has 34 heavy (non-hydrogen) atoms. The van der Waals surface area contributed by atoms with Gasteiger partial charge in [0.05, 0.1) is 10.6 Å². The van der Waals surface area contributed by atoms with Gasteiger partial charge in [0, 0.05) is 41.3 Å². The Morgan fingerprint density at radius 2 is 1.79 bits per heavy atom. The smallest absolute Gasteiger partial charge is 0.269 e. The number of aryl methyl sites for hydroxylation is 1. The first kappa shape index (κ1) is 23.5. The van der Waals surface area contributed by atoms with Crippen molar-refractivity contribution in [2.24, 2.45) is 0 Å². The first-order chi connectivity index (χ1) is 16.4. The van der Waals surface area contributed by atoms with Crippen LogP contribution >= 0.6 is 0 Å². The van der Waals surface area contributed by atoms with Gasteiger partial charge in [0.2, 0.25) is 0 Å². The molecule has 1 N–H and O–H groups in total. The maximum Gasteiger partial charge on any atom is 0.269 e. The highest BCUT2D eigenvalue weighted by Crippen LogP contribution is 2.35. The molecule has 0 amide bonds. The lowest BCUT2D eigenvalue weighted by Gasteiger charge is -2.29. The molecule has 1 heterocycles. The highest BCUT2D eigenvalue weighted by Gasteiger charge is 2.23. The Morgan fingerprint density at radius 1 is 1.06 bits per heavy atom. The number of aromatic nitrogens is 1. The van der Waals surface area contributed by atoms with Gasteiger partial charge in [-0.3, -0.25) is 24.0 Å². The van der Waals surface area contributed by atoms with Crippen LogP contribution in [0.4, 0.5) is 11.4 Å². The summed E-state index contributed by atoms with van der Waals surface area (Å²) in [6, 6.07) is 22.1. The molecule has 0 saturated carbocycles. The molecular formula is C26H25N3O4S. The van der Waals surface area contributed by atoms with Gasteiger partial charge in [0.25, 0.3) is 17.0 Å². The number of fused-ring (bicyclic) bond motifs is 1. The van der Waals surface area contributed by atoms with Crippen LogP contribution in [0.5, 0.6) is 0 Å². The fourth-order valence-corrected chi connectivity index (χ4v) is 4.88. The number of benzene rings is 3. The number of hydrogen-bond acceptors (Lipinski definition) is 4. The fourth-order valence-electron chi connectivity index (χ4n) is 4.15. The van der Waals surface area contributed by atoms with Crippen molar-refractivity contribution in [3.05, 3.63) is 101 Å². The predicted octanol–water partition coefficient (Wildman–Crippen LogP) is 6.16. The molecule has 2 atom stereocenters. The van der Waals surface area contributed by atoms with E-state index < -0.39 is 16.2 Å². The van der Waals surface area contributed by atoms with Crippen LogP contribution in [-0.2, 0) is 17.7 Å². The zero-order valence-electron chi connectivity index (χ0n) is 18.7. The molecule has 8 heteroatoms. The van der Waals surface area contributed by atoms with E-state index in [4.69, 9.17) is 0 Å². The summed E-state index contributed by atoms with van der Waals surface area (Å²) in [6.45, 7) is 1.94. The Labute approximate surface area is 200 Å². The Bertz CT molecular complexity index is 1310. The predicted molar refractivity (Wildman–Crippen MR) is 136 cm³/mol. The minimum Gasteiger partial charge on any atom is -0.289 e. The van der Waals surface area contributed by atoms with Gasteiger partial charge in [-0.25, -0.2) is 4.21 Å². The van der Waals surface area contributed by atoms with Crippen molar-refractivity contribution in [1.29, 1.82) is 0 Å². The minimum atomic E-state index is -2.22. The fraction of sp³-hybridized carbons (Fsp3) is 0.192. The lowest BCUT2D eigenvalue weighted by Crippen LogP contribution is -2.34. The summed E-state index contributed by atoms with van der Waals surface area (Å²) in [6.07, 6.45) is 5.62. The highest BCUT2D eigenvalue weighted by atomic mass is 32.2. The molecule has 2 unspecified atom stereocenters. The monoisotopic (exact) mass is 475 g/mol. The molecule has 0 bridgehead atoms. The number of hydrogen-bond donors (Lipinski definition) is 1. The third-order valence-electron chi connectivity index (χ3n) is 5.88. The largest absolute Gasteiger partial charge is 0.289 e. The maximum absolute atomic E-state index is 12.5. The van der Waals surface area contributed by atoms with Gasteiger partial charge in [-0.1, -0.05) is 42.5 Å². The highest BCUT2D eigenvalue weighted by molar-refractivity contribution is 7.80. The molecule has 4 rings (SSSR count). The van der Waals surface area contributed by atoms with E-state index in [9.17, 15) is 18.9 Å². The Morgan fingerprint density at radius 3 is 2.47 bits per heavy atom. The van der Waals surface area contributed by atoms with Crippen LogP contribution in [0, 0.1) is 10.1 Å². The van der Waals surface area contributed by atoms with Crippen molar-refractivity contribution in [2.75, 3.05) is 4.31 Å². The number of pyridine rings is 1. The molecule has 4 aromatic rings. The molecule has 0 radical (unpaired) electrons. The summed E-state index contributed by atoms with van der Waals surface area (Å²) in [5.74, 6) is 0. The van der Waals surface area contributed by atoms with Gasteiger partial charge in [0.15, 0.2) is 0 Å². The van der Waals surface area contributed by atoms with Crippen molar-refractivity contribution in [2.45, 2.75) is 32.2 Å². The van der Waals surface area contributed by atoms with Crippen molar-refractivity contribution in [3.8, 4) is 11.1 Å². The lowest BCUT2D eigenvalue weighted by molar-refractivity contribution is -0.384. The molecular weight excluding hydrogens is 450 g/mol. The van der Waals surface area contributed by atoms with Gasteiger partial charge in [-0.05, 0) is 61.1 Å². The third kappa shape index (κ3) is 5.30. The van der Waals surface area contributed by atoms with E-state index in [1.807, 2.05) is 55.5 Å². The van der Waals surface area contributed by atoms with E-state index in [1.54, 1.807) is 28.8 Å². The second-order valence-electron chi connectivity index (χ2n) is 8.18. The number of nitro benzene ring substituents is 1. The Balaban J connectivity index is 1.59. The molecule has 0 saturated heterocycles. The lowest BCUT2D eigenvalue weighted by atomic mass is 10.00. The van der Waals surface area contributed by atoms with Crippen molar-refractivity contribution >= 4 is 33.4 Å². The zero-order chi connectivity index (χ0) is 24.1. The zero-order valence-corrected chi connectivity index (χ0v) is 19.5. The number of nitrogens with zero attached hydrogens (tertiary/aromatic N) is 3. The summed E-state index contributed by atoms with van der Waals surface area (Å²) in [4.78, 5) is 14.7. The van der Waals surface area contributed by atoms with Gasteiger partial charge >= 0.3 is 0 Å². The second-order valence-corrected chi connectivity index (χ2v) is 9.03. The van der Waals surface area contributed by atoms with Crippen molar-refractivity contribution in [1.82, 2.24) is 4.98 Å². The SMILES string of the molecule is CC(CCCc1ccc([N+](=O)[O-])cc1)N(c1cc(-c2ccccc2)cc2cnccc12)S(=O)O. The summed E-state index contributed by atoms with van der Waals surface area (Å²) < 4.78 is 24.3. The second kappa shape index (κ2) is 10.5. The van der Waals surface area contributed by atoms with Crippen LogP contribution in [0.2, 0.25) is 0 Å². The summed E-state index contributed by atoms with van der Waals surface area (Å²) in [5.41, 5.74) is 3.71. The first-order valence-corrected chi connectivity index (χ1v) is 12.1.